The van der Waals surface area contributed by atoms with E-state index in [1.165, 1.54) is 0 Å². The molecule has 7 nitrogen and oxygen atoms in total. The van der Waals surface area contributed by atoms with E-state index in [1.54, 1.807) is 12.3 Å². The largest absolute Gasteiger partial charge is 0.467 e. The molecule has 1 aromatic rings. The molecule has 0 bridgehead atoms. The summed E-state index contributed by atoms with van der Waals surface area (Å²) >= 11 is 0. The molecule has 3 atom stereocenters. The van der Waals surface area contributed by atoms with Gasteiger partial charge in [-0.15, -0.1) is 0 Å². The van der Waals surface area contributed by atoms with Crippen molar-refractivity contribution in [3.63, 3.8) is 0 Å². The third-order valence-corrected chi connectivity index (χ3v) is 5.48. The highest BCUT2D eigenvalue weighted by Crippen LogP contribution is 2.33. The van der Waals surface area contributed by atoms with Gasteiger partial charge >= 0.3 is 0 Å². The van der Waals surface area contributed by atoms with Crippen LogP contribution in [0.2, 0.25) is 0 Å². The van der Waals surface area contributed by atoms with Gasteiger partial charge < -0.3 is 19.4 Å². The average molecular weight is 363 g/mol. The van der Waals surface area contributed by atoms with Crippen molar-refractivity contribution in [2.75, 3.05) is 26.7 Å². The highest BCUT2D eigenvalue weighted by atomic mass is 16.5. The van der Waals surface area contributed by atoms with Crippen LogP contribution in [0.25, 0.3) is 0 Å². The van der Waals surface area contributed by atoms with E-state index in [4.69, 9.17) is 9.15 Å². The van der Waals surface area contributed by atoms with Crippen LogP contribution in [0.15, 0.2) is 22.8 Å². The smallest absolute Gasteiger partial charge is 0.249 e. The highest BCUT2D eigenvalue weighted by Gasteiger charge is 2.42. The lowest BCUT2D eigenvalue weighted by atomic mass is 9.91. The quantitative estimate of drug-likeness (QED) is 0.823. The van der Waals surface area contributed by atoms with Gasteiger partial charge in [0.25, 0.3) is 0 Å². The first-order valence-corrected chi connectivity index (χ1v) is 9.37. The Hall–Kier alpha value is -1.86. The minimum atomic E-state index is -0.437. The lowest BCUT2D eigenvalue weighted by molar-refractivity contribution is -0.139. The molecule has 2 aliphatic heterocycles. The summed E-state index contributed by atoms with van der Waals surface area (Å²) in [4.78, 5) is 28.8. The molecule has 26 heavy (non-hydrogen) atoms. The second-order valence-corrected chi connectivity index (χ2v) is 7.59. The van der Waals surface area contributed by atoms with Crippen molar-refractivity contribution < 1.29 is 18.7 Å². The molecular weight excluding hydrogens is 334 g/mol. The van der Waals surface area contributed by atoms with Gasteiger partial charge in [-0.05, 0) is 51.8 Å². The SMILES string of the molecule is CC(C)N(C)CC(=O)N1CC[C@H]2C[C@@H](C(=O)NCc3ccco3)O[C@@H]2C1. The number of rotatable bonds is 6. The number of amides is 2. The van der Waals surface area contributed by atoms with Crippen molar-refractivity contribution in [2.24, 2.45) is 5.92 Å². The summed E-state index contributed by atoms with van der Waals surface area (Å²) in [6.07, 6.45) is 2.72. The molecule has 3 heterocycles. The third-order valence-electron chi connectivity index (χ3n) is 5.48. The number of nitrogens with one attached hydrogen (secondary N) is 1. The number of nitrogens with zero attached hydrogens (tertiary/aromatic N) is 2. The Kier molecular flexibility index (Phi) is 5.98. The number of likely N-dealkylation sites (N-methyl/N-ethyl adjacent to an activating group) is 1. The van der Waals surface area contributed by atoms with Gasteiger partial charge in [-0.3, -0.25) is 14.5 Å². The van der Waals surface area contributed by atoms with Crippen LogP contribution >= 0.6 is 0 Å². The molecule has 2 fully saturated rings. The monoisotopic (exact) mass is 363 g/mol. The zero-order valence-corrected chi connectivity index (χ0v) is 15.8. The number of piperidine rings is 1. The Morgan fingerprint density at radius 2 is 2.23 bits per heavy atom. The van der Waals surface area contributed by atoms with Crippen LogP contribution in [0.4, 0.5) is 0 Å². The molecule has 1 N–H and O–H groups in total. The first-order valence-electron chi connectivity index (χ1n) is 9.37. The standard InChI is InChI=1S/C19H29N3O4/c1-13(2)21(3)12-18(23)22-7-6-14-9-16(26-17(14)11-22)19(24)20-10-15-5-4-8-25-15/h4-5,8,13-14,16-17H,6-7,9-12H2,1-3H3,(H,20,24)/t14-,16-,17+/m0/s1. The Labute approximate surface area is 154 Å². The molecule has 3 rings (SSSR count). The van der Waals surface area contributed by atoms with E-state index < -0.39 is 6.10 Å². The van der Waals surface area contributed by atoms with Crippen LogP contribution in [-0.2, 0) is 20.9 Å². The Morgan fingerprint density at radius 1 is 1.42 bits per heavy atom. The molecule has 2 amide bonds. The topological polar surface area (TPSA) is 75.0 Å². The van der Waals surface area contributed by atoms with Gasteiger partial charge in [0.05, 0.1) is 25.5 Å². The molecule has 0 aliphatic carbocycles. The van der Waals surface area contributed by atoms with Crippen molar-refractivity contribution in [2.45, 2.75) is 51.5 Å². The van der Waals surface area contributed by atoms with Crippen LogP contribution in [0.3, 0.4) is 0 Å². The van der Waals surface area contributed by atoms with Crippen molar-refractivity contribution >= 4 is 11.8 Å². The molecule has 2 aliphatic rings. The average Bonchev–Trinajstić information content (AvgIpc) is 3.28. The summed E-state index contributed by atoms with van der Waals surface area (Å²) < 4.78 is 11.2. The predicted molar refractivity (Wildman–Crippen MR) is 96.3 cm³/mol. The second kappa shape index (κ2) is 8.22. The normalized spacial score (nSPS) is 25.6. The summed E-state index contributed by atoms with van der Waals surface area (Å²) in [6, 6.07) is 3.96. The number of hydrogen-bond acceptors (Lipinski definition) is 5. The first-order chi connectivity index (χ1) is 12.4. The summed E-state index contributed by atoms with van der Waals surface area (Å²) in [5, 5.41) is 2.86. The fourth-order valence-corrected chi connectivity index (χ4v) is 3.52. The minimum absolute atomic E-state index is 0.0450. The van der Waals surface area contributed by atoms with E-state index in [-0.39, 0.29) is 17.9 Å². The van der Waals surface area contributed by atoms with Gasteiger partial charge in [-0.1, -0.05) is 0 Å². The van der Waals surface area contributed by atoms with Crippen LogP contribution in [0.5, 0.6) is 0 Å². The zero-order valence-electron chi connectivity index (χ0n) is 15.8. The molecule has 0 radical (unpaired) electrons. The molecule has 1 aromatic heterocycles. The lowest BCUT2D eigenvalue weighted by Gasteiger charge is -2.35. The summed E-state index contributed by atoms with van der Waals surface area (Å²) in [6.45, 7) is 6.26. The summed E-state index contributed by atoms with van der Waals surface area (Å²) in [7, 11) is 1.96. The van der Waals surface area contributed by atoms with E-state index in [9.17, 15) is 9.59 Å². The maximum atomic E-state index is 12.5. The highest BCUT2D eigenvalue weighted by molar-refractivity contribution is 5.81. The number of fused-ring (bicyclic) bond motifs is 1. The number of likely N-dealkylation sites (tertiary alicyclic amines) is 1. The Morgan fingerprint density at radius 3 is 2.92 bits per heavy atom. The first kappa shape index (κ1) is 18.9. The van der Waals surface area contributed by atoms with E-state index in [0.29, 0.717) is 31.6 Å². The molecule has 0 saturated carbocycles. The van der Waals surface area contributed by atoms with E-state index in [0.717, 1.165) is 25.1 Å². The van der Waals surface area contributed by atoms with Gasteiger partial charge in [0.15, 0.2) is 0 Å². The number of furan rings is 1. The Bertz CT molecular complexity index is 616. The predicted octanol–water partition coefficient (Wildman–Crippen LogP) is 1.24. The number of carbonyl (C=O) groups is 2. The van der Waals surface area contributed by atoms with Crippen molar-refractivity contribution in [1.82, 2.24) is 15.1 Å². The van der Waals surface area contributed by atoms with Gasteiger partial charge in [-0.25, -0.2) is 0 Å². The maximum Gasteiger partial charge on any atom is 0.249 e. The van der Waals surface area contributed by atoms with Crippen molar-refractivity contribution in [3.05, 3.63) is 24.2 Å². The van der Waals surface area contributed by atoms with Gasteiger partial charge in [0.2, 0.25) is 11.8 Å². The summed E-state index contributed by atoms with van der Waals surface area (Å²) in [5.74, 6) is 1.10. The van der Waals surface area contributed by atoms with Crippen molar-refractivity contribution in [1.29, 1.82) is 0 Å². The van der Waals surface area contributed by atoms with Crippen LogP contribution in [0, 0.1) is 5.92 Å². The zero-order chi connectivity index (χ0) is 18.7. The molecule has 144 valence electrons. The van der Waals surface area contributed by atoms with Gasteiger partial charge in [0.1, 0.15) is 11.9 Å². The minimum Gasteiger partial charge on any atom is -0.467 e. The fraction of sp³-hybridized carbons (Fsp3) is 0.684. The second-order valence-electron chi connectivity index (χ2n) is 7.59. The molecule has 7 heteroatoms. The fourth-order valence-electron chi connectivity index (χ4n) is 3.52. The molecule has 2 saturated heterocycles. The molecule has 0 spiro atoms. The Balaban J connectivity index is 1.48. The van der Waals surface area contributed by atoms with Crippen LogP contribution in [0.1, 0.15) is 32.4 Å². The summed E-state index contributed by atoms with van der Waals surface area (Å²) in [5.41, 5.74) is 0. The number of carbonyl (C=O) groups excluding carboxylic acids is 2. The molecule has 0 unspecified atom stereocenters. The maximum absolute atomic E-state index is 12.5. The van der Waals surface area contributed by atoms with Crippen LogP contribution in [-0.4, -0.2) is 66.5 Å². The molecular formula is C19H29N3O4. The van der Waals surface area contributed by atoms with E-state index in [2.05, 4.69) is 19.2 Å². The number of hydrogen-bond donors (Lipinski definition) is 1. The van der Waals surface area contributed by atoms with Crippen molar-refractivity contribution in [3.8, 4) is 0 Å². The van der Waals surface area contributed by atoms with Gasteiger partial charge in [-0.2, -0.15) is 0 Å². The lowest BCUT2D eigenvalue weighted by Crippen LogP contribution is -2.49. The number of ether oxygens (including phenoxy) is 1. The van der Waals surface area contributed by atoms with E-state index in [1.807, 2.05) is 22.9 Å². The van der Waals surface area contributed by atoms with Crippen LogP contribution < -0.4 is 5.32 Å². The van der Waals surface area contributed by atoms with Gasteiger partial charge in [0, 0.05) is 19.1 Å². The third kappa shape index (κ3) is 4.45. The van der Waals surface area contributed by atoms with E-state index >= 15 is 0 Å². The molecule has 0 aromatic carbocycles.